The highest BCUT2D eigenvalue weighted by Gasteiger charge is 2.37. The molecule has 0 aliphatic carbocycles. The Kier molecular flexibility index (Phi) is 8.34. The molecule has 1 fully saturated rings. The topological polar surface area (TPSA) is 68.6 Å². The van der Waals surface area contributed by atoms with Crippen LogP contribution in [0.15, 0.2) is 87.2 Å². The van der Waals surface area contributed by atoms with E-state index in [2.05, 4.69) is 9.30 Å². The smallest absolute Gasteiger partial charge is 0.338 e. The maximum absolute atomic E-state index is 13.6. The summed E-state index contributed by atoms with van der Waals surface area (Å²) >= 11 is 12.1. The average molecular weight is 625 g/mol. The Bertz CT molecular complexity index is 1570. The second-order valence-electron chi connectivity index (χ2n) is 9.86. The molecule has 0 N–H and O–H groups in total. The van der Waals surface area contributed by atoms with Gasteiger partial charge < -0.3 is 9.80 Å². The van der Waals surface area contributed by atoms with Gasteiger partial charge in [0, 0.05) is 42.1 Å². The van der Waals surface area contributed by atoms with Crippen LogP contribution in [0.1, 0.15) is 22.6 Å². The molecule has 2 aliphatic rings. The number of alkyl halides is 3. The lowest BCUT2D eigenvalue weighted by molar-refractivity contribution is -0.137. The van der Waals surface area contributed by atoms with Crippen molar-refractivity contribution >= 4 is 44.9 Å². The minimum absolute atomic E-state index is 0.0379. The van der Waals surface area contributed by atoms with Crippen LogP contribution in [0, 0.1) is 0 Å². The van der Waals surface area contributed by atoms with Crippen LogP contribution in [-0.2, 0) is 16.2 Å². The fourth-order valence-electron chi connectivity index (χ4n) is 4.74. The minimum Gasteiger partial charge on any atom is -0.338 e. The quantitative estimate of drug-likeness (QED) is 0.271. The monoisotopic (exact) mass is 623 g/mol. The summed E-state index contributed by atoms with van der Waals surface area (Å²) in [4.78, 5) is 3.91. The van der Waals surface area contributed by atoms with Gasteiger partial charge in [0.1, 0.15) is 0 Å². The lowest BCUT2D eigenvalue weighted by Crippen LogP contribution is -2.51. The van der Waals surface area contributed by atoms with Crippen molar-refractivity contribution in [2.45, 2.75) is 17.0 Å². The molecule has 0 spiro atoms. The number of rotatable bonds is 4. The highest BCUT2D eigenvalue weighted by Crippen LogP contribution is 2.35. The zero-order chi connectivity index (χ0) is 29.4. The summed E-state index contributed by atoms with van der Waals surface area (Å²) < 4.78 is 71.9. The molecule has 0 amide bonds. The van der Waals surface area contributed by atoms with E-state index in [0.29, 0.717) is 53.1 Å². The van der Waals surface area contributed by atoms with Crippen molar-refractivity contribution in [2.24, 2.45) is 9.50 Å². The van der Waals surface area contributed by atoms with Gasteiger partial charge in [0.05, 0.1) is 22.7 Å². The third-order valence-corrected chi connectivity index (χ3v) is 8.78. The van der Waals surface area contributed by atoms with Gasteiger partial charge in [-0.1, -0.05) is 53.5 Å². The van der Waals surface area contributed by atoms with Gasteiger partial charge in [-0.25, -0.2) is 5.01 Å². The van der Waals surface area contributed by atoms with Gasteiger partial charge in [0.2, 0.25) is 5.96 Å². The van der Waals surface area contributed by atoms with E-state index in [-0.39, 0.29) is 17.4 Å². The van der Waals surface area contributed by atoms with E-state index >= 15 is 0 Å². The van der Waals surface area contributed by atoms with Crippen LogP contribution in [0.4, 0.5) is 13.2 Å². The second kappa shape index (κ2) is 11.6. The molecule has 2 heterocycles. The van der Waals surface area contributed by atoms with Gasteiger partial charge in [-0.15, -0.1) is 4.40 Å². The summed E-state index contributed by atoms with van der Waals surface area (Å²) in [5.41, 5.74) is 0.751. The molecule has 0 bridgehead atoms. The Morgan fingerprint density at radius 2 is 1.54 bits per heavy atom. The molecule has 216 valence electrons. The van der Waals surface area contributed by atoms with Crippen LogP contribution < -0.4 is 0 Å². The molecule has 1 saturated heterocycles. The van der Waals surface area contributed by atoms with E-state index in [1.165, 1.54) is 35.3 Å². The van der Waals surface area contributed by atoms with E-state index in [0.717, 1.165) is 12.1 Å². The molecule has 3 aromatic rings. The van der Waals surface area contributed by atoms with Gasteiger partial charge in [0.25, 0.3) is 10.0 Å². The Morgan fingerprint density at radius 3 is 2.15 bits per heavy atom. The molecule has 5 rings (SSSR count). The van der Waals surface area contributed by atoms with Crippen LogP contribution >= 0.6 is 23.2 Å². The number of halogens is 5. The number of likely N-dealkylation sites (N-methyl/N-ethyl adjacent to an activating group) is 1. The van der Waals surface area contributed by atoms with Gasteiger partial charge in [-0.3, -0.25) is 0 Å². The third kappa shape index (κ3) is 6.69. The average Bonchev–Trinajstić information content (AvgIpc) is 3.38. The van der Waals surface area contributed by atoms with Gasteiger partial charge in [-0.05, 0) is 60.6 Å². The minimum atomic E-state index is -4.52. The summed E-state index contributed by atoms with van der Waals surface area (Å²) in [6.07, 6.45) is -4.52. The molecule has 1 unspecified atom stereocenters. The lowest BCUT2D eigenvalue weighted by atomic mass is 9.89. The molecule has 13 heteroatoms. The van der Waals surface area contributed by atoms with Crippen LogP contribution in [0.2, 0.25) is 10.0 Å². The zero-order valence-corrected chi connectivity index (χ0v) is 24.2. The first-order valence-electron chi connectivity index (χ1n) is 12.7. The number of hydrazone groups is 1. The molecule has 0 aromatic heterocycles. The molecule has 3 aromatic carbocycles. The van der Waals surface area contributed by atoms with Crippen LogP contribution in [0.3, 0.4) is 0 Å². The molecule has 7 nitrogen and oxygen atoms in total. The number of hydrogen-bond donors (Lipinski definition) is 0. The first-order chi connectivity index (χ1) is 19.4. The van der Waals surface area contributed by atoms with E-state index < -0.39 is 27.7 Å². The largest absolute Gasteiger partial charge is 0.416 e. The second-order valence-corrected chi connectivity index (χ2v) is 12.3. The predicted octanol–water partition coefficient (Wildman–Crippen LogP) is 5.81. The number of hydrogen-bond acceptors (Lipinski definition) is 4. The Balaban J connectivity index is 1.61. The van der Waals surface area contributed by atoms with E-state index in [9.17, 15) is 21.6 Å². The number of piperazine rings is 1. The summed E-state index contributed by atoms with van der Waals surface area (Å²) in [5.74, 6) is -0.497. The van der Waals surface area contributed by atoms with E-state index in [1.807, 2.05) is 11.9 Å². The maximum Gasteiger partial charge on any atom is 0.416 e. The van der Waals surface area contributed by atoms with Crippen LogP contribution in [0.5, 0.6) is 0 Å². The van der Waals surface area contributed by atoms with Crippen LogP contribution in [-0.4, -0.2) is 74.7 Å². The zero-order valence-electron chi connectivity index (χ0n) is 21.9. The summed E-state index contributed by atoms with van der Waals surface area (Å²) in [7, 11) is -2.21. The molecule has 0 saturated carbocycles. The summed E-state index contributed by atoms with van der Waals surface area (Å²) in [6, 6.07) is 17.6. The predicted molar refractivity (Wildman–Crippen MR) is 154 cm³/mol. The Morgan fingerprint density at radius 1 is 0.927 bits per heavy atom. The highest BCUT2D eigenvalue weighted by molar-refractivity contribution is 7.90. The fourth-order valence-corrected chi connectivity index (χ4v) is 6.00. The van der Waals surface area contributed by atoms with Crippen molar-refractivity contribution in [3.05, 3.63) is 99.5 Å². The van der Waals surface area contributed by atoms with E-state index in [4.69, 9.17) is 28.3 Å². The van der Waals surface area contributed by atoms with Crippen molar-refractivity contribution in [2.75, 3.05) is 39.8 Å². The van der Waals surface area contributed by atoms with Gasteiger partial charge >= 0.3 is 6.18 Å². The number of sulfonamides is 1. The van der Waals surface area contributed by atoms with Crippen molar-refractivity contribution in [1.82, 2.24) is 14.8 Å². The highest BCUT2D eigenvalue weighted by atomic mass is 35.5. The molecule has 2 aliphatic heterocycles. The number of nitrogens with zero attached hydrogens (tertiary/aromatic N) is 5. The lowest BCUT2D eigenvalue weighted by Gasteiger charge is -2.36. The van der Waals surface area contributed by atoms with Crippen molar-refractivity contribution < 1.29 is 21.6 Å². The van der Waals surface area contributed by atoms with Crippen molar-refractivity contribution in [3.8, 4) is 0 Å². The molecular weight excluding hydrogens is 598 g/mol. The summed E-state index contributed by atoms with van der Waals surface area (Å²) in [6.45, 7) is 2.39. The maximum atomic E-state index is 13.6. The number of guanidine groups is 1. The number of benzene rings is 3. The van der Waals surface area contributed by atoms with Crippen LogP contribution in [0.25, 0.3) is 0 Å². The standard InChI is InChI=1S/C28H26Cl2F3N5O2S/c1-36-13-15-37(16-14-36)27(35-41(39,40)24-11-9-23(30)10-12-24)38-18-25(20-3-2-4-21(17-20)28(31,32)33)26(34-38)19-5-7-22(29)8-6-19/h2-12,17,25H,13-16,18H2,1H3. The van der Waals surface area contributed by atoms with Gasteiger partial charge in [-0.2, -0.15) is 26.7 Å². The SMILES string of the molecule is CN1CCN(C(=NS(=O)(=O)c2ccc(Cl)cc2)N2CC(c3cccc(C(F)(F)F)c3)C(c3ccc(Cl)cc3)=N2)CC1. The van der Waals surface area contributed by atoms with Gasteiger partial charge in [0.15, 0.2) is 0 Å². The molecule has 0 radical (unpaired) electrons. The fraction of sp³-hybridized carbons (Fsp3) is 0.286. The van der Waals surface area contributed by atoms with Crippen molar-refractivity contribution in [3.63, 3.8) is 0 Å². The molecule has 1 atom stereocenters. The Hall–Kier alpha value is -3.12. The first kappa shape index (κ1) is 29.4. The Labute approximate surface area is 246 Å². The first-order valence-corrected chi connectivity index (χ1v) is 14.9. The summed E-state index contributed by atoms with van der Waals surface area (Å²) in [5, 5.41) is 7.13. The van der Waals surface area contributed by atoms with Crippen molar-refractivity contribution in [1.29, 1.82) is 0 Å². The molecular formula is C28H26Cl2F3N5O2S. The molecule has 41 heavy (non-hydrogen) atoms. The normalized spacial score (nSPS) is 19.0. The van der Waals surface area contributed by atoms with E-state index in [1.54, 1.807) is 30.3 Å². The third-order valence-electron chi connectivity index (χ3n) is 7.00.